The minimum atomic E-state index is -1.40. The maximum absolute atomic E-state index is 11.6. The summed E-state index contributed by atoms with van der Waals surface area (Å²) in [7, 11) is 0. The highest BCUT2D eigenvalue weighted by Gasteiger charge is 2.22. The molecule has 0 heterocycles. The molecule has 0 aromatic heterocycles. The summed E-state index contributed by atoms with van der Waals surface area (Å²) in [5.41, 5.74) is 5.20. The molecule has 0 aliphatic carbocycles. The Kier molecular flexibility index (Phi) is 5.78. The van der Waals surface area contributed by atoms with E-state index in [0.717, 1.165) is 4.47 Å². The van der Waals surface area contributed by atoms with Crippen LogP contribution in [-0.2, 0) is 9.59 Å². The number of primary amides is 1. The standard InChI is InChI=1S/C11H11BrClN3O4/c12-5-1-2-7(6(13)3-5)15-11(20)16-8(10(18)19)4-9(14)17/h1-3,8H,4H2,(H2,14,17)(H,18,19)(H2,15,16,20)/t8-/m1/s1. The van der Waals surface area contributed by atoms with Crippen molar-refractivity contribution in [1.82, 2.24) is 5.32 Å². The summed E-state index contributed by atoms with van der Waals surface area (Å²) in [4.78, 5) is 33.2. The summed E-state index contributed by atoms with van der Waals surface area (Å²) in [5, 5.41) is 13.6. The predicted octanol–water partition coefficient (Wildman–Crippen LogP) is 1.55. The number of rotatable bonds is 5. The van der Waals surface area contributed by atoms with Crippen LogP contribution in [0, 0.1) is 0 Å². The second-order valence-electron chi connectivity index (χ2n) is 3.78. The van der Waals surface area contributed by atoms with Gasteiger partial charge in [-0.3, -0.25) is 4.79 Å². The van der Waals surface area contributed by atoms with E-state index in [1.165, 1.54) is 6.07 Å². The van der Waals surface area contributed by atoms with Gasteiger partial charge in [0.15, 0.2) is 0 Å². The lowest BCUT2D eigenvalue weighted by Crippen LogP contribution is -2.45. The summed E-state index contributed by atoms with van der Waals surface area (Å²) in [6.07, 6.45) is -0.503. The van der Waals surface area contributed by atoms with Crippen molar-refractivity contribution in [2.75, 3.05) is 5.32 Å². The monoisotopic (exact) mass is 363 g/mol. The number of aliphatic carboxylic acids is 1. The van der Waals surface area contributed by atoms with Crippen LogP contribution in [0.25, 0.3) is 0 Å². The molecule has 5 N–H and O–H groups in total. The summed E-state index contributed by atoms with van der Waals surface area (Å²) < 4.78 is 0.727. The number of carbonyl (C=O) groups excluding carboxylic acids is 2. The number of carboxylic acids is 1. The third-order valence-electron chi connectivity index (χ3n) is 2.19. The molecule has 0 bridgehead atoms. The maximum Gasteiger partial charge on any atom is 0.326 e. The second kappa shape index (κ2) is 7.11. The minimum Gasteiger partial charge on any atom is -0.480 e. The Morgan fingerprint density at radius 1 is 1.40 bits per heavy atom. The number of nitrogens with one attached hydrogen (secondary N) is 2. The van der Waals surface area contributed by atoms with Crippen LogP contribution in [0.1, 0.15) is 6.42 Å². The van der Waals surface area contributed by atoms with E-state index in [-0.39, 0.29) is 5.02 Å². The zero-order valence-corrected chi connectivity index (χ0v) is 12.4. The highest BCUT2D eigenvalue weighted by atomic mass is 79.9. The van der Waals surface area contributed by atoms with E-state index < -0.39 is 30.4 Å². The van der Waals surface area contributed by atoms with Crippen LogP contribution in [-0.4, -0.2) is 29.1 Å². The number of benzene rings is 1. The zero-order valence-electron chi connectivity index (χ0n) is 10.0. The Labute approximate surface area is 127 Å². The van der Waals surface area contributed by atoms with Crippen molar-refractivity contribution in [3.8, 4) is 0 Å². The number of amides is 3. The molecule has 9 heteroatoms. The molecule has 0 saturated heterocycles. The Hall–Kier alpha value is -1.80. The Balaban J connectivity index is 2.70. The largest absolute Gasteiger partial charge is 0.480 e. The number of carboxylic acid groups (broad SMARTS) is 1. The smallest absolute Gasteiger partial charge is 0.326 e. The molecule has 0 spiro atoms. The average Bonchev–Trinajstić information content (AvgIpc) is 2.31. The number of nitrogens with two attached hydrogens (primary N) is 1. The first-order valence-corrected chi connectivity index (χ1v) is 6.50. The summed E-state index contributed by atoms with van der Waals surface area (Å²) in [6.45, 7) is 0. The van der Waals surface area contributed by atoms with Crippen LogP contribution >= 0.6 is 27.5 Å². The lowest BCUT2D eigenvalue weighted by atomic mass is 10.2. The molecule has 3 amide bonds. The van der Waals surface area contributed by atoms with E-state index >= 15 is 0 Å². The van der Waals surface area contributed by atoms with Crippen molar-refractivity contribution in [3.63, 3.8) is 0 Å². The number of halogens is 2. The number of hydrogen-bond donors (Lipinski definition) is 4. The van der Waals surface area contributed by atoms with E-state index in [9.17, 15) is 14.4 Å². The first-order valence-electron chi connectivity index (χ1n) is 5.33. The van der Waals surface area contributed by atoms with Gasteiger partial charge in [0.25, 0.3) is 0 Å². The molecule has 1 rings (SSSR count). The van der Waals surface area contributed by atoms with Gasteiger partial charge in [-0.2, -0.15) is 0 Å². The van der Waals surface area contributed by atoms with Gasteiger partial charge in [-0.05, 0) is 18.2 Å². The normalized spacial score (nSPS) is 11.5. The van der Waals surface area contributed by atoms with Crippen LogP contribution in [0.4, 0.5) is 10.5 Å². The highest BCUT2D eigenvalue weighted by Crippen LogP contribution is 2.25. The molecule has 0 aliphatic heterocycles. The van der Waals surface area contributed by atoms with Crippen molar-refractivity contribution in [2.45, 2.75) is 12.5 Å². The van der Waals surface area contributed by atoms with E-state index in [1.807, 2.05) is 0 Å². The van der Waals surface area contributed by atoms with Crippen LogP contribution in [0.2, 0.25) is 5.02 Å². The van der Waals surface area contributed by atoms with Gasteiger partial charge in [-0.15, -0.1) is 0 Å². The first-order chi connectivity index (χ1) is 9.29. The van der Waals surface area contributed by atoms with Crippen LogP contribution in [0.5, 0.6) is 0 Å². The van der Waals surface area contributed by atoms with E-state index in [2.05, 4.69) is 26.6 Å². The molecular weight excluding hydrogens is 353 g/mol. The van der Waals surface area contributed by atoms with Crippen molar-refractivity contribution >= 4 is 51.1 Å². The van der Waals surface area contributed by atoms with Crippen molar-refractivity contribution in [1.29, 1.82) is 0 Å². The Morgan fingerprint density at radius 3 is 2.55 bits per heavy atom. The summed E-state index contributed by atoms with van der Waals surface area (Å²) >= 11 is 9.10. The summed E-state index contributed by atoms with van der Waals surface area (Å²) in [5.74, 6) is -2.19. The Morgan fingerprint density at radius 2 is 2.05 bits per heavy atom. The SMILES string of the molecule is NC(=O)C[C@@H](NC(=O)Nc1ccc(Br)cc1Cl)C(=O)O. The van der Waals surface area contributed by atoms with Gasteiger partial charge in [-0.25, -0.2) is 9.59 Å². The lowest BCUT2D eigenvalue weighted by molar-refractivity contribution is -0.140. The fraction of sp³-hybridized carbons (Fsp3) is 0.182. The summed E-state index contributed by atoms with van der Waals surface area (Å²) in [6, 6.07) is 2.55. The molecule has 0 unspecified atom stereocenters. The molecule has 1 aromatic rings. The lowest BCUT2D eigenvalue weighted by Gasteiger charge is -2.14. The molecule has 108 valence electrons. The molecule has 20 heavy (non-hydrogen) atoms. The fourth-order valence-corrected chi connectivity index (χ4v) is 2.03. The third-order valence-corrected chi connectivity index (χ3v) is 2.99. The number of urea groups is 1. The quantitative estimate of drug-likeness (QED) is 0.633. The minimum absolute atomic E-state index is 0.274. The predicted molar refractivity (Wildman–Crippen MR) is 76.5 cm³/mol. The topological polar surface area (TPSA) is 122 Å². The molecule has 1 aromatic carbocycles. The van der Waals surface area contributed by atoms with Crippen molar-refractivity contribution < 1.29 is 19.5 Å². The van der Waals surface area contributed by atoms with Crippen LogP contribution in [0.3, 0.4) is 0 Å². The highest BCUT2D eigenvalue weighted by molar-refractivity contribution is 9.10. The number of carbonyl (C=O) groups is 3. The van der Waals surface area contributed by atoms with Crippen LogP contribution < -0.4 is 16.4 Å². The van der Waals surface area contributed by atoms with E-state index in [0.29, 0.717) is 5.69 Å². The van der Waals surface area contributed by atoms with Gasteiger partial charge in [-0.1, -0.05) is 27.5 Å². The molecular formula is C11H11BrClN3O4. The van der Waals surface area contributed by atoms with Crippen LogP contribution in [0.15, 0.2) is 22.7 Å². The fourth-order valence-electron chi connectivity index (χ4n) is 1.31. The first kappa shape index (κ1) is 16.3. The maximum atomic E-state index is 11.6. The Bertz CT molecular complexity index is 552. The third kappa shape index (κ3) is 5.06. The van der Waals surface area contributed by atoms with E-state index in [1.54, 1.807) is 12.1 Å². The molecule has 0 fully saturated rings. The van der Waals surface area contributed by atoms with Crippen molar-refractivity contribution in [3.05, 3.63) is 27.7 Å². The molecule has 0 saturated carbocycles. The van der Waals surface area contributed by atoms with Gasteiger partial charge < -0.3 is 21.5 Å². The van der Waals surface area contributed by atoms with Gasteiger partial charge in [0.1, 0.15) is 6.04 Å². The zero-order chi connectivity index (χ0) is 15.3. The van der Waals surface area contributed by atoms with Gasteiger partial charge >= 0.3 is 12.0 Å². The van der Waals surface area contributed by atoms with Crippen molar-refractivity contribution in [2.24, 2.45) is 5.73 Å². The second-order valence-corrected chi connectivity index (χ2v) is 5.11. The number of anilines is 1. The molecule has 1 atom stereocenters. The number of hydrogen-bond acceptors (Lipinski definition) is 3. The molecule has 7 nitrogen and oxygen atoms in total. The molecule has 0 radical (unpaired) electrons. The van der Waals surface area contributed by atoms with Gasteiger partial charge in [0.2, 0.25) is 5.91 Å². The van der Waals surface area contributed by atoms with Gasteiger partial charge in [0.05, 0.1) is 17.1 Å². The van der Waals surface area contributed by atoms with Gasteiger partial charge in [0, 0.05) is 4.47 Å². The average molecular weight is 365 g/mol. The molecule has 0 aliphatic rings. The van der Waals surface area contributed by atoms with E-state index in [4.69, 9.17) is 22.4 Å².